The number of nitrogens with two attached hydrogens (primary N) is 1. The zero-order chi connectivity index (χ0) is 16.2. The Bertz CT molecular complexity index is 789. The number of rotatable bonds is 6. The maximum absolute atomic E-state index is 11.0. The van der Waals surface area contributed by atoms with E-state index in [1.54, 1.807) is 12.3 Å². The highest BCUT2D eigenvalue weighted by Crippen LogP contribution is 2.30. The lowest BCUT2D eigenvalue weighted by atomic mass is 10.1. The molecule has 2 N–H and O–H groups in total. The molecule has 6 nitrogen and oxygen atoms in total. The lowest BCUT2D eigenvalue weighted by Gasteiger charge is -2.08. The molecule has 0 bridgehead atoms. The van der Waals surface area contributed by atoms with Crippen molar-refractivity contribution in [2.24, 2.45) is 5.73 Å². The van der Waals surface area contributed by atoms with E-state index in [1.165, 1.54) is 4.73 Å². The summed E-state index contributed by atoms with van der Waals surface area (Å²) in [6.07, 6.45) is 2.25. The molecule has 0 amide bonds. The number of aromatic nitrogens is 2. The molecule has 0 radical (unpaired) electrons. The summed E-state index contributed by atoms with van der Waals surface area (Å²) in [4.78, 5) is 20.8. The van der Waals surface area contributed by atoms with Crippen molar-refractivity contribution in [2.75, 3.05) is 0 Å². The van der Waals surface area contributed by atoms with Crippen LogP contribution in [0.4, 0.5) is 0 Å². The molecule has 0 aliphatic rings. The van der Waals surface area contributed by atoms with E-state index in [4.69, 9.17) is 15.0 Å². The van der Waals surface area contributed by atoms with Crippen LogP contribution in [0, 0.1) is 0 Å². The number of benzene rings is 1. The average Bonchev–Trinajstić information content (AvgIpc) is 3.22. The van der Waals surface area contributed by atoms with E-state index in [2.05, 4.69) is 4.98 Å². The molecule has 0 unspecified atom stereocenters. The number of hydrogen-bond donors (Lipinski definition) is 1. The summed E-state index contributed by atoms with van der Waals surface area (Å²) in [7, 11) is 0. The lowest BCUT2D eigenvalue weighted by molar-refractivity contribution is -0.128. The first-order valence-corrected chi connectivity index (χ1v) is 7.34. The molecule has 6 heteroatoms. The summed E-state index contributed by atoms with van der Waals surface area (Å²) < 4.78 is 6.87. The van der Waals surface area contributed by atoms with Crippen molar-refractivity contribution in [2.45, 2.75) is 19.9 Å². The second kappa shape index (κ2) is 6.50. The molecule has 0 aliphatic carbocycles. The van der Waals surface area contributed by atoms with E-state index in [-0.39, 0.29) is 0 Å². The Morgan fingerprint density at radius 1 is 1.30 bits per heavy atom. The number of aryl methyl sites for hydroxylation is 1. The summed E-state index contributed by atoms with van der Waals surface area (Å²) >= 11 is 0. The van der Waals surface area contributed by atoms with Gasteiger partial charge in [0.1, 0.15) is 5.69 Å². The van der Waals surface area contributed by atoms with Gasteiger partial charge in [-0.2, -0.15) is 0 Å². The first kappa shape index (κ1) is 15.1. The molecular formula is C17H17N3O3. The minimum atomic E-state index is 0.380. The fourth-order valence-electron chi connectivity index (χ4n) is 2.47. The van der Waals surface area contributed by atoms with Gasteiger partial charge >= 0.3 is 6.47 Å². The molecule has 3 aromatic rings. The molecule has 1 aromatic carbocycles. The van der Waals surface area contributed by atoms with Gasteiger partial charge in [-0.15, -0.1) is 4.73 Å². The smallest absolute Gasteiger partial charge is 0.321 e. The van der Waals surface area contributed by atoms with Crippen molar-refractivity contribution in [3.63, 3.8) is 0 Å². The molecule has 0 aliphatic heterocycles. The normalized spacial score (nSPS) is 10.7. The SMILES string of the molecule is CCc1nc(-c2ccc(CN)cc2)n(OC=O)c1-c1ccco1. The lowest BCUT2D eigenvalue weighted by Crippen LogP contribution is -2.12. The van der Waals surface area contributed by atoms with Crippen LogP contribution in [0.1, 0.15) is 18.2 Å². The Hall–Kier alpha value is -2.86. The summed E-state index contributed by atoms with van der Waals surface area (Å²) in [5.41, 5.74) is 8.91. The van der Waals surface area contributed by atoms with Gasteiger partial charge in [-0.1, -0.05) is 31.2 Å². The van der Waals surface area contributed by atoms with Crippen LogP contribution < -0.4 is 10.6 Å². The quantitative estimate of drug-likeness (QED) is 0.707. The monoisotopic (exact) mass is 311 g/mol. The zero-order valence-corrected chi connectivity index (χ0v) is 12.7. The van der Waals surface area contributed by atoms with Gasteiger partial charge in [0.2, 0.25) is 0 Å². The van der Waals surface area contributed by atoms with Crippen molar-refractivity contribution < 1.29 is 14.0 Å². The summed E-state index contributed by atoms with van der Waals surface area (Å²) in [5.74, 6) is 1.14. The number of furan rings is 1. The minimum Gasteiger partial charge on any atom is -0.463 e. The van der Waals surface area contributed by atoms with Gasteiger partial charge in [0.15, 0.2) is 11.6 Å². The van der Waals surface area contributed by atoms with Crippen molar-refractivity contribution in [1.29, 1.82) is 0 Å². The van der Waals surface area contributed by atoms with Crippen LogP contribution in [-0.4, -0.2) is 16.2 Å². The molecule has 23 heavy (non-hydrogen) atoms. The fraction of sp³-hybridized carbons (Fsp3) is 0.176. The van der Waals surface area contributed by atoms with Gasteiger partial charge in [-0.25, -0.2) is 4.98 Å². The standard InChI is InChI=1S/C17H17N3O3/c1-2-14-16(15-4-3-9-22-15)20(23-11-21)17(19-14)13-7-5-12(10-18)6-8-13/h3-9,11H,2,10,18H2,1H3. The second-order valence-electron chi connectivity index (χ2n) is 4.96. The van der Waals surface area contributed by atoms with E-state index in [0.29, 0.717) is 36.7 Å². The molecule has 0 saturated heterocycles. The number of carbonyl (C=O) groups is 1. The molecule has 3 rings (SSSR count). The van der Waals surface area contributed by atoms with Crippen LogP contribution in [0.15, 0.2) is 47.1 Å². The van der Waals surface area contributed by atoms with Crippen LogP contribution in [0.5, 0.6) is 0 Å². The number of nitrogens with zero attached hydrogens (tertiary/aromatic N) is 2. The average molecular weight is 311 g/mol. The highest BCUT2D eigenvalue weighted by Gasteiger charge is 2.22. The molecule has 2 aromatic heterocycles. The van der Waals surface area contributed by atoms with Crippen LogP contribution in [-0.2, 0) is 17.8 Å². The third-order valence-corrected chi connectivity index (χ3v) is 3.60. The summed E-state index contributed by atoms with van der Waals surface area (Å²) in [6.45, 7) is 2.84. The molecule has 0 spiro atoms. The van der Waals surface area contributed by atoms with Crippen molar-refractivity contribution in [1.82, 2.24) is 9.71 Å². The van der Waals surface area contributed by atoms with E-state index in [0.717, 1.165) is 16.8 Å². The van der Waals surface area contributed by atoms with Crippen LogP contribution in [0.2, 0.25) is 0 Å². The van der Waals surface area contributed by atoms with Gasteiger partial charge in [0, 0.05) is 12.1 Å². The van der Waals surface area contributed by atoms with Crippen LogP contribution >= 0.6 is 0 Å². The Morgan fingerprint density at radius 3 is 2.65 bits per heavy atom. The van der Waals surface area contributed by atoms with Gasteiger partial charge in [0.25, 0.3) is 0 Å². The van der Waals surface area contributed by atoms with Crippen molar-refractivity contribution >= 4 is 6.47 Å². The molecular weight excluding hydrogens is 294 g/mol. The van der Waals surface area contributed by atoms with E-state index in [1.807, 2.05) is 37.3 Å². The van der Waals surface area contributed by atoms with E-state index < -0.39 is 0 Å². The molecule has 0 atom stereocenters. The van der Waals surface area contributed by atoms with Gasteiger partial charge in [0.05, 0.1) is 12.0 Å². The van der Waals surface area contributed by atoms with Crippen LogP contribution in [0.3, 0.4) is 0 Å². The maximum atomic E-state index is 11.0. The van der Waals surface area contributed by atoms with Gasteiger partial charge < -0.3 is 15.0 Å². The van der Waals surface area contributed by atoms with E-state index >= 15 is 0 Å². The first-order valence-electron chi connectivity index (χ1n) is 7.34. The predicted molar refractivity (Wildman–Crippen MR) is 85.3 cm³/mol. The number of imidazole rings is 1. The summed E-state index contributed by atoms with van der Waals surface area (Å²) in [5, 5.41) is 0. The number of carbonyl (C=O) groups excluding carboxylic acids is 1. The first-order chi connectivity index (χ1) is 11.3. The van der Waals surface area contributed by atoms with Crippen LogP contribution in [0.25, 0.3) is 22.8 Å². The minimum absolute atomic E-state index is 0.380. The molecule has 0 fully saturated rings. The third kappa shape index (κ3) is 2.76. The van der Waals surface area contributed by atoms with E-state index in [9.17, 15) is 4.79 Å². The Kier molecular flexibility index (Phi) is 4.25. The van der Waals surface area contributed by atoms with Gasteiger partial charge in [-0.05, 0) is 24.1 Å². The molecule has 0 saturated carbocycles. The summed E-state index contributed by atoms with van der Waals surface area (Å²) in [6, 6.07) is 11.2. The molecule has 2 heterocycles. The fourth-order valence-corrected chi connectivity index (χ4v) is 2.47. The predicted octanol–water partition coefficient (Wildman–Crippen LogP) is 2.42. The van der Waals surface area contributed by atoms with Gasteiger partial charge in [-0.3, -0.25) is 4.79 Å². The Morgan fingerprint density at radius 2 is 2.09 bits per heavy atom. The van der Waals surface area contributed by atoms with Crippen molar-refractivity contribution in [3.8, 4) is 22.8 Å². The second-order valence-corrected chi connectivity index (χ2v) is 4.96. The third-order valence-electron chi connectivity index (χ3n) is 3.60. The highest BCUT2D eigenvalue weighted by molar-refractivity contribution is 5.66. The number of hydrogen-bond acceptors (Lipinski definition) is 5. The maximum Gasteiger partial charge on any atom is 0.321 e. The zero-order valence-electron chi connectivity index (χ0n) is 12.7. The van der Waals surface area contributed by atoms with Crippen molar-refractivity contribution in [3.05, 3.63) is 53.9 Å². The Balaban J connectivity index is 2.17. The highest BCUT2D eigenvalue weighted by atomic mass is 16.7. The largest absolute Gasteiger partial charge is 0.463 e. The topological polar surface area (TPSA) is 83.3 Å². The Labute approximate surface area is 133 Å². The molecule has 118 valence electrons.